The third-order valence-corrected chi connectivity index (χ3v) is 2.03. The molecule has 0 aromatic rings. The average molecular weight is 217 g/mol. The molecule has 0 aliphatic carbocycles. The monoisotopic (exact) mass is 216 g/mol. The number of hydrogen-bond acceptors (Lipinski definition) is 3. The quantitative estimate of drug-likeness (QED) is 0.736. The molecule has 0 spiro atoms. The first kappa shape index (κ1) is 15.0. The van der Waals surface area contributed by atoms with Crippen LogP contribution >= 0.6 is 24.8 Å². The van der Waals surface area contributed by atoms with Crippen molar-refractivity contribution >= 4 is 24.8 Å². The fourth-order valence-corrected chi connectivity index (χ4v) is 1.00. The van der Waals surface area contributed by atoms with Crippen LogP contribution in [0.3, 0.4) is 0 Å². The standard InChI is InChI=1S/C7H16N2O.2ClH/c1-9(3-4-10-2)7-5-8-6-7;;/h7-8H,3-6H2,1-2H3;2*1H. The summed E-state index contributed by atoms with van der Waals surface area (Å²) in [5.74, 6) is 0. The van der Waals surface area contributed by atoms with Gasteiger partial charge in [0.1, 0.15) is 0 Å². The Morgan fingerprint density at radius 2 is 2.00 bits per heavy atom. The average Bonchev–Trinajstić information content (AvgIpc) is 1.79. The van der Waals surface area contributed by atoms with Gasteiger partial charge in [0.05, 0.1) is 6.61 Å². The molecule has 12 heavy (non-hydrogen) atoms. The van der Waals surface area contributed by atoms with E-state index < -0.39 is 0 Å². The number of likely N-dealkylation sites (N-methyl/N-ethyl adjacent to an activating group) is 1. The van der Waals surface area contributed by atoms with Crippen LogP contribution in [0, 0.1) is 0 Å². The third kappa shape index (κ3) is 4.48. The Labute approximate surface area is 86.7 Å². The van der Waals surface area contributed by atoms with E-state index in [2.05, 4.69) is 17.3 Å². The summed E-state index contributed by atoms with van der Waals surface area (Å²) in [7, 11) is 3.89. The zero-order valence-electron chi connectivity index (χ0n) is 7.58. The highest BCUT2D eigenvalue weighted by Crippen LogP contribution is 2.00. The van der Waals surface area contributed by atoms with Gasteiger partial charge < -0.3 is 10.1 Å². The maximum Gasteiger partial charge on any atom is 0.0589 e. The molecule has 1 N–H and O–H groups in total. The van der Waals surface area contributed by atoms with E-state index in [1.807, 2.05) is 0 Å². The van der Waals surface area contributed by atoms with Crippen molar-refractivity contribution in [2.45, 2.75) is 6.04 Å². The van der Waals surface area contributed by atoms with Crippen molar-refractivity contribution in [1.82, 2.24) is 10.2 Å². The number of ether oxygens (including phenoxy) is 1. The molecule has 0 aromatic carbocycles. The molecule has 1 saturated heterocycles. The molecule has 1 aliphatic heterocycles. The van der Waals surface area contributed by atoms with Crippen LogP contribution in [-0.4, -0.2) is 51.3 Å². The smallest absolute Gasteiger partial charge is 0.0589 e. The van der Waals surface area contributed by atoms with Gasteiger partial charge in [-0.3, -0.25) is 4.90 Å². The zero-order chi connectivity index (χ0) is 7.40. The molecule has 76 valence electrons. The number of methoxy groups -OCH3 is 1. The molecule has 5 heteroatoms. The van der Waals surface area contributed by atoms with Gasteiger partial charge in [0, 0.05) is 32.8 Å². The van der Waals surface area contributed by atoms with E-state index >= 15 is 0 Å². The Kier molecular flexibility index (Phi) is 10.1. The van der Waals surface area contributed by atoms with Crippen LogP contribution in [0.1, 0.15) is 0 Å². The van der Waals surface area contributed by atoms with Crippen LogP contribution < -0.4 is 5.32 Å². The van der Waals surface area contributed by atoms with Crippen molar-refractivity contribution in [3.05, 3.63) is 0 Å². The topological polar surface area (TPSA) is 24.5 Å². The highest BCUT2D eigenvalue weighted by Gasteiger charge is 2.20. The van der Waals surface area contributed by atoms with Crippen molar-refractivity contribution in [2.75, 3.05) is 40.4 Å². The molecule has 0 saturated carbocycles. The first-order chi connectivity index (χ1) is 4.84. The van der Waals surface area contributed by atoms with Gasteiger partial charge in [-0.1, -0.05) is 0 Å². The SMILES string of the molecule is COCCN(C)C1CNC1.Cl.Cl. The second-order valence-electron chi connectivity index (χ2n) is 2.79. The number of rotatable bonds is 4. The van der Waals surface area contributed by atoms with Crippen molar-refractivity contribution in [1.29, 1.82) is 0 Å². The zero-order valence-corrected chi connectivity index (χ0v) is 9.21. The number of halogens is 2. The molecule has 1 heterocycles. The normalized spacial score (nSPS) is 16.2. The van der Waals surface area contributed by atoms with Gasteiger partial charge in [0.25, 0.3) is 0 Å². The summed E-state index contributed by atoms with van der Waals surface area (Å²) in [6.07, 6.45) is 0. The number of hydrogen-bond donors (Lipinski definition) is 1. The summed E-state index contributed by atoms with van der Waals surface area (Å²) < 4.78 is 4.97. The predicted octanol–water partition coefficient (Wildman–Crippen LogP) is 0.380. The summed E-state index contributed by atoms with van der Waals surface area (Å²) in [6.45, 7) is 4.16. The van der Waals surface area contributed by atoms with Gasteiger partial charge in [0.15, 0.2) is 0 Å². The molecular formula is C7H18Cl2N2O. The first-order valence-corrected chi connectivity index (χ1v) is 3.74. The second kappa shape index (κ2) is 8.08. The van der Waals surface area contributed by atoms with E-state index in [-0.39, 0.29) is 24.8 Å². The van der Waals surface area contributed by atoms with Gasteiger partial charge >= 0.3 is 0 Å². The minimum absolute atomic E-state index is 0. The highest BCUT2D eigenvalue weighted by molar-refractivity contribution is 5.85. The summed E-state index contributed by atoms with van der Waals surface area (Å²) >= 11 is 0. The fourth-order valence-electron chi connectivity index (χ4n) is 1.00. The van der Waals surface area contributed by atoms with Gasteiger partial charge in [-0.2, -0.15) is 0 Å². The molecule has 0 amide bonds. The van der Waals surface area contributed by atoms with E-state index in [0.717, 1.165) is 32.3 Å². The molecule has 1 aliphatic rings. The van der Waals surface area contributed by atoms with E-state index in [1.165, 1.54) is 0 Å². The van der Waals surface area contributed by atoms with Crippen molar-refractivity contribution in [3.63, 3.8) is 0 Å². The molecule has 1 fully saturated rings. The summed E-state index contributed by atoms with van der Waals surface area (Å²) in [5.41, 5.74) is 0. The van der Waals surface area contributed by atoms with Gasteiger partial charge in [-0.15, -0.1) is 24.8 Å². The Morgan fingerprint density at radius 1 is 1.42 bits per heavy atom. The summed E-state index contributed by atoms with van der Waals surface area (Å²) in [5, 5.41) is 3.24. The predicted molar refractivity (Wildman–Crippen MR) is 55.7 cm³/mol. The highest BCUT2D eigenvalue weighted by atomic mass is 35.5. The van der Waals surface area contributed by atoms with Gasteiger partial charge in [-0.05, 0) is 7.05 Å². The van der Waals surface area contributed by atoms with E-state index in [0.29, 0.717) is 0 Å². The van der Waals surface area contributed by atoms with E-state index in [9.17, 15) is 0 Å². The summed E-state index contributed by atoms with van der Waals surface area (Å²) in [4.78, 5) is 2.33. The van der Waals surface area contributed by atoms with Crippen molar-refractivity contribution in [3.8, 4) is 0 Å². The lowest BCUT2D eigenvalue weighted by atomic mass is 10.1. The Balaban J connectivity index is 0. The third-order valence-electron chi connectivity index (χ3n) is 2.03. The Hall–Kier alpha value is 0.460. The van der Waals surface area contributed by atoms with E-state index in [4.69, 9.17) is 4.74 Å². The molecule has 0 aromatic heterocycles. The minimum atomic E-state index is 0. The lowest BCUT2D eigenvalue weighted by Crippen LogP contribution is -2.56. The lowest BCUT2D eigenvalue weighted by Gasteiger charge is -2.35. The Bertz CT molecular complexity index is 101. The fraction of sp³-hybridized carbons (Fsp3) is 1.00. The molecule has 0 atom stereocenters. The molecule has 0 bridgehead atoms. The number of nitrogens with zero attached hydrogens (tertiary/aromatic N) is 1. The molecular weight excluding hydrogens is 199 g/mol. The van der Waals surface area contributed by atoms with Gasteiger partial charge in [-0.25, -0.2) is 0 Å². The van der Waals surface area contributed by atoms with Crippen LogP contribution in [0.2, 0.25) is 0 Å². The number of nitrogens with one attached hydrogen (secondary N) is 1. The lowest BCUT2D eigenvalue weighted by molar-refractivity contribution is 0.117. The Morgan fingerprint density at radius 3 is 2.33 bits per heavy atom. The molecule has 0 radical (unpaired) electrons. The maximum atomic E-state index is 4.97. The van der Waals surface area contributed by atoms with Crippen LogP contribution in [0.25, 0.3) is 0 Å². The first-order valence-electron chi connectivity index (χ1n) is 3.74. The maximum absolute atomic E-state index is 4.97. The van der Waals surface area contributed by atoms with Crippen molar-refractivity contribution in [2.24, 2.45) is 0 Å². The van der Waals surface area contributed by atoms with E-state index in [1.54, 1.807) is 7.11 Å². The van der Waals surface area contributed by atoms with Crippen LogP contribution in [0.4, 0.5) is 0 Å². The van der Waals surface area contributed by atoms with Crippen LogP contribution in [0.5, 0.6) is 0 Å². The van der Waals surface area contributed by atoms with Gasteiger partial charge in [0.2, 0.25) is 0 Å². The van der Waals surface area contributed by atoms with Crippen LogP contribution in [-0.2, 0) is 4.74 Å². The molecule has 3 nitrogen and oxygen atoms in total. The van der Waals surface area contributed by atoms with Crippen molar-refractivity contribution < 1.29 is 4.74 Å². The summed E-state index contributed by atoms with van der Waals surface area (Å²) in [6, 6.07) is 0.746. The molecule has 1 rings (SSSR count). The second-order valence-corrected chi connectivity index (χ2v) is 2.79. The molecule has 0 unspecified atom stereocenters. The largest absolute Gasteiger partial charge is 0.383 e. The van der Waals surface area contributed by atoms with Crippen LogP contribution in [0.15, 0.2) is 0 Å². The minimum Gasteiger partial charge on any atom is -0.383 e.